The number of benzene rings is 1. The molecule has 19 heavy (non-hydrogen) atoms. The summed E-state index contributed by atoms with van der Waals surface area (Å²) >= 11 is 0. The predicted octanol–water partition coefficient (Wildman–Crippen LogP) is 2.01. The molecular formula is C14H14N4O. The maximum atomic E-state index is 8.71. The van der Waals surface area contributed by atoms with Gasteiger partial charge in [-0.25, -0.2) is 9.97 Å². The molecule has 2 rings (SSSR count). The number of rotatable bonds is 5. The molecule has 1 aromatic heterocycles. The second-order valence-electron chi connectivity index (χ2n) is 3.91. The number of ether oxygens (including phenoxy) is 1. The average Bonchev–Trinajstić information content (AvgIpc) is 2.48. The Kier molecular flexibility index (Phi) is 4.29. The monoisotopic (exact) mass is 254 g/mol. The van der Waals surface area contributed by atoms with Crippen LogP contribution in [-0.2, 0) is 6.42 Å². The number of nitrogens with one attached hydrogen (secondary N) is 1. The Labute approximate surface area is 111 Å². The van der Waals surface area contributed by atoms with E-state index in [0.717, 1.165) is 18.7 Å². The summed E-state index contributed by atoms with van der Waals surface area (Å²) in [4.78, 5) is 7.87. The summed E-state index contributed by atoms with van der Waals surface area (Å²) in [6.45, 7) is 0.731. The Bertz CT molecular complexity index is 592. The van der Waals surface area contributed by atoms with Gasteiger partial charge in [0.25, 0.3) is 0 Å². The first-order valence-corrected chi connectivity index (χ1v) is 5.92. The van der Waals surface area contributed by atoms with Gasteiger partial charge in [-0.2, -0.15) is 5.26 Å². The first kappa shape index (κ1) is 12.8. The maximum Gasteiger partial charge on any atom is 0.234 e. The molecule has 0 saturated heterocycles. The maximum absolute atomic E-state index is 8.71. The highest BCUT2D eigenvalue weighted by Crippen LogP contribution is 2.13. The van der Waals surface area contributed by atoms with Crippen molar-refractivity contribution >= 4 is 5.82 Å². The Morgan fingerprint density at radius 2 is 2.26 bits per heavy atom. The lowest BCUT2D eigenvalue weighted by atomic mass is 10.1. The minimum absolute atomic E-state index is 0.173. The third-order valence-electron chi connectivity index (χ3n) is 2.61. The number of nitrogens with zero attached hydrogens (tertiary/aromatic N) is 3. The second kappa shape index (κ2) is 6.36. The Morgan fingerprint density at radius 3 is 3.05 bits per heavy atom. The fourth-order valence-corrected chi connectivity index (χ4v) is 1.67. The van der Waals surface area contributed by atoms with E-state index in [1.54, 1.807) is 19.4 Å². The number of hydrogen-bond acceptors (Lipinski definition) is 5. The van der Waals surface area contributed by atoms with Crippen LogP contribution in [0.25, 0.3) is 0 Å². The SMILES string of the molecule is COc1cccc(CCNc2ccnc(C#N)n2)c1. The quantitative estimate of drug-likeness (QED) is 0.883. The lowest BCUT2D eigenvalue weighted by Crippen LogP contribution is -2.07. The van der Waals surface area contributed by atoms with E-state index in [1.165, 1.54) is 5.56 Å². The summed E-state index contributed by atoms with van der Waals surface area (Å²) in [5, 5.41) is 11.9. The molecule has 5 heteroatoms. The molecule has 0 atom stereocenters. The van der Waals surface area contributed by atoms with Crippen molar-refractivity contribution in [2.75, 3.05) is 19.0 Å². The molecule has 1 aromatic carbocycles. The summed E-state index contributed by atoms with van der Waals surface area (Å²) < 4.78 is 5.17. The topological polar surface area (TPSA) is 70.8 Å². The van der Waals surface area contributed by atoms with Crippen molar-refractivity contribution in [1.29, 1.82) is 5.26 Å². The molecule has 1 N–H and O–H groups in total. The zero-order chi connectivity index (χ0) is 13.5. The molecule has 96 valence electrons. The van der Waals surface area contributed by atoms with Gasteiger partial charge in [-0.05, 0) is 30.2 Å². The zero-order valence-electron chi connectivity index (χ0n) is 10.6. The van der Waals surface area contributed by atoms with E-state index >= 15 is 0 Å². The van der Waals surface area contributed by atoms with Gasteiger partial charge in [0, 0.05) is 12.7 Å². The third-order valence-corrected chi connectivity index (χ3v) is 2.61. The molecule has 0 amide bonds. The third kappa shape index (κ3) is 3.68. The molecule has 0 aliphatic heterocycles. The zero-order valence-corrected chi connectivity index (χ0v) is 10.6. The summed E-state index contributed by atoms with van der Waals surface area (Å²) in [6.07, 6.45) is 2.42. The van der Waals surface area contributed by atoms with E-state index in [4.69, 9.17) is 10.00 Å². The van der Waals surface area contributed by atoms with Crippen LogP contribution in [0.2, 0.25) is 0 Å². The van der Waals surface area contributed by atoms with Crippen molar-refractivity contribution in [1.82, 2.24) is 9.97 Å². The summed E-state index contributed by atoms with van der Waals surface area (Å²) in [5.41, 5.74) is 1.18. The van der Waals surface area contributed by atoms with Gasteiger partial charge >= 0.3 is 0 Å². The number of aromatic nitrogens is 2. The Hall–Kier alpha value is -2.61. The van der Waals surface area contributed by atoms with Crippen LogP contribution in [0.4, 0.5) is 5.82 Å². The van der Waals surface area contributed by atoms with Gasteiger partial charge in [0.05, 0.1) is 7.11 Å². The largest absolute Gasteiger partial charge is 0.497 e. The van der Waals surface area contributed by atoms with Crippen molar-refractivity contribution in [3.05, 3.63) is 47.9 Å². The van der Waals surface area contributed by atoms with E-state index in [-0.39, 0.29) is 5.82 Å². The number of methoxy groups -OCH3 is 1. The average molecular weight is 254 g/mol. The van der Waals surface area contributed by atoms with Crippen molar-refractivity contribution in [2.45, 2.75) is 6.42 Å². The fraction of sp³-hybridized carbons (Fsp3) is 0.214. The number of anilines is 1. The van der Waals surface area contributed by atoms with Crippen LogP contribution in [0.15, 0.2) is 36.5 Å². The van der Waals surface area contributed by atoms with Gasteiger partial charge in [-0.1, -0.05) is 12.1 Å². The molecule has 1 heterocycles. The van der Waals surface area contributed by atoms with Gasteiger partial charge in [0.15, 0.2) is 0 Å². The highest BCUT2D eigenvalue weighted by molar-refractivity contribution is 5.35. The Balaban J connectivity index is 1.90. The normalized spacial score (nSPS) is 9.68. The van der Waals surface area contributed by atoms with Crippen LogP contribution in [0, 0.1) is 11.3 Å². The first-order valence-electron chi connectivity index (χ1n) is 5.92. The van der Waals surface area contributed by atoms with E-state index in [2.05, 4.69) is 15.3 Å². The number of nitriles is 1. The molecule has 0 spiro atoms. The minimum atomic E-state index is 0.173. The second-order valence-corrected chi connectivity index (χ2v) is 3.91. The summed E-state index contributed by atoms with van der Waals surface area (Å²) in [7, 11) is 1.65. The molecule has 5 nitrogen and oxygen atoms in total. The molecule has 0 saturated carbocycles. The van der Waals surface area contributed by atoms with Crippen LogP contribution >= 0.6 is 0 Å². The van der Waals surface area contributed by atoms with Crippen molar-refractivity contribution in [2.24, 2.45) is 0 Å². The van der Waals surface area contributed by atoms with Gasteiger partial charge in [-0.3, -0.25) is 0 Å². The summed E-state index contributed by atoms with van der Waals surface area (Å²) in [6, 6.07) is 11.6. The van der Waals surface area contributed by atoms with Gasteiger partial charge < -0.3 is 10.1 Å². The van der Waals surface area contributed by atoms with Gasteiger partial charge in [0.1, 0.15) is 17.6 Å². The lowest BCUT2D eigenvalue weighted by molar-refractivity contribution is 0.414. The van der Waals surface area contributed by atoms with Crippen LogP contribution in [0.3, 0.4) is 0 Å². The van der Waals surface area contributed by atoms with E-state index in [0.29, 0.717) is 5.82 Å². The first-order chi connectivity index (χ1) is 9.31. The molecule has 0 aliphatic rings. The van der Waals surface area contributed by atoms with Gasteiger partial charge in [0.2, 0.25) is 5.82 Å². The van der Waals surface area contributed by atoms with E-state index in [9.17, 15) is 0 Å². The smallest absolute Gasteiger partial charge is 0.234 e. The Morgan fingerprint density at radius 1 is 1.37 bits per heavy atom. The van der Waals surface area contributed by atoms with Crippen LogP contribution < -0.4 is 10.1 Å². The van der Waals surface area contributed by atoms with E-state index < -0.39 is 0 Å². The van der Waals surface area contributed by atoms with Crippen molar-refractivity contribution < 1.29 is 4.74 Å². The highest BCUT2D eigenvalue weighted by atomic mass is 16.5. The van der Waals surface area contributed by atoms with Gasteiger partial charge in [-0.15, -0.1) is 0 Å². The summed E-state index contributed by atoms with van der Waals surface area (Å²) in [5.74, 6) is 1.69. The molecule has 0 unspecified atom stereocenters. The van der Waals surface area contributed by atoms with Crippen LogP contribution in [0.1, 0.15) is 11.4 Å². The van der Waals surface area contributed by atoms with Crippen molar-refractivity contribution in [3.63, 3.8) is 0 Å². The molecule has 2 aromatic rings. The van der Waals surface area contributed by atoms with E-state index in [1.807, 2.05) is 30.3 Å². The fourth-order valence-electron chi connectivity index (χ4n) is 1.67. The van der Waals surface area contributed by atoms with Crippen LogP contribution in [-0.4, -0.2) is 23.6 Å². The lowest BCUT2D eigenvalue weighted by Gasteiger charge is -2.06. The standard InChI is InChI=1S/C14H14N4O/c1-19-12-4-2-3-11(9-12)5-7-16-13-6-8-17-14(10-15)18-13/h2-4,6,8-9H,5,7H2,1H3,(H,16,17,18). The molecule has 0 fully saturated rings. The van der Waals surface area contributed by atoms with Crippen molar-refractivity contribution in [3.8, 4) is 11.8 Å². The molecule has 0 radical (unpaired) electrons. The minimum Gasteiger partial charge on any atom is -0.497 e. The highest BCUT2D eigenvalue weighted by Gasteiger charge is 1.99. The molecule has 0 aliphatic carbocycles. The molecule has 0 bridgehead atoms. The predicted molar refractivity (Wildman–Crippen MR) is 71.9 cm³/mol. The van der Waals surface area contributed by atoms with Crippen LogP contribution in [0.5, 0.6) is 5.75 Å². The molecular weight excluding hydrogens is 240 g/mol. The number of hydrogen-bond donors (Lipinski definition) is 1.